The summed E-state index contributed by atoms with van der Waals surface area (Å²) in [7, 11) is 1.85. The van der Waals surface area contributed by atoms with E-state index in [1.165, 1.54) is 6.33 Å². The number of hydrogen-bond acceptors (Lipinski definition) is 4. The molecule has 0 bridgehead atoms. The molecule has 0 amide bonds. The first-order valence-corrected chi connectivity index (χ1v) is 5.80. The molecule has 0 radical (unpaired) electrons. The highest BCUT2D eigenvalue weighted by Crippen LogP contribution is 2.28. The molecule has 1 aliphatic rings. The van der Waals surface area contributed by atoms with Gasteiger partial charge in [-0.2, -0.15) is 5.10 Å². The van der Waals surface area contributed by atoms with Crippen molar-refractivity contribution in [1.82, 2.24) is 14.8 Å². The minimum absolute atomic E-state index is 0.173. The summed E-state index contributed by atoms with van der Waals surface area (Å²) in [6, 6.07) is 0. The fourth-order valence-electron chi connectivity index (χ4n) is 2.20. The van der Waals surface area contributed by atoms with E-state index in [4.69, 9.17) is 4.74 Å². The predicted molar refractivity (Wildman–Crippen MR) is 58.9 cm³/mol. The van der Waals surface area contributed by atoms with Crippen LogP contribution in [0.1, 0.15) is 32.0 Å². The van der Waals surface area contributed by atoms with E-state index in [1.54, 1.807) is 4.68 Å². The normalized spacial score (nSPS) is 30.6. The molecular formula is C11H19N3O2. The Morgan fingerprint density at radius 3 is 3.12 bits per heavy atom. The Hall–Kier alpha value is -0.940. The van der Waals surface area contributed by atoms with Gasteiger partial charge in [0.15, 0.2) is 0 Å². The number of ether oxygens (including phenoxy) is 1. The van der Waals surface area contributed by atoms with E-state index in [9.17, 15) is 5.11 Å². The van der Waals surface area contributed by atoms with Gasteiger partial charge in [-0.1, -0.05) is 6.92 Å². The maximum atomic E-state index is 10.5. The third kappa shape index (κ3) is 2.41. The lowest BCUT2D eigenvalue weighted by atomic mass is 9.86. The zero-order valence-electron chi connectivity index (χ0n) is 9.89. The van der Waals surface area contributed by atoms with E-state index < -0.39 is 5.60 Å². The summed E-state index contributed by atoms with van der Waals surface area (Å²) in [5.74, 6) is 0.833. The monoisotopic (exact) mass is 225 g/mol. The molecule has 1 aromatic heterocycles. The lowest BCUT2D eigenvalue weighted by molar-refractivity contribution is -0.104. The maximum absolute atomic E-state index is 10.5. The summed E-state index contributed by atoms with van der Waals surface area (Å²) in [6.07, 6.45) is 4.57. The van der Waals surface area contributed by atoms with Crippen LogP contribution in [0.25, 0.3) is 0 Å². The first-order chi connectivity index (χ1) is 7.63. The van der Waals surface area contributed by atoms with Crippen molar-refractivity contribution in [3.63, 3.8) is 0 Å². The van der Waals surface area contributed by atoms with E-state index in [2.05, 4.69) is 17.0 Å². The lowest BCUT2D eigenvalue weighted by Gasteiger charge is -2.36. The van der Waals surface area contributed by atoms with Crippen molar-refractivity contribution >= 4 is 0 Å². The van der Waals surface area contributed by atoms with Crippen molar-refractivity contribution in [3.8, 4) is 0 Å². The average Bonchev–Trinajstić information content (AvgIpc) is 2.64. The Bertz CT molecular complexity index is 353. The molecule has 16 heavy (non-hydrogen) atoms. The van der Waals surface area contributed by atoms with E-state index >= 15 is 0 Å². The van der Waals surface area contributed by atoms with Gasteiger partial charge in [0, 0.05) is 32.9 Å². The summed E-state index contributed by atoms with van der Waals surface area (Å²) >= 11 is 0. The van der Waals surface area contributed by atoms with Crippen LogP contribution >= 0.6 is 0 Å². The molecule has 0 spiro atoms. The number of rotatable bonds is 3. The fourth-order valence-corrected chi connectivity index (χ4v) is 2.20. The first-order valence-electron chi connectivity index (χ1n) is 5.80. The highest BCUT2D eigenvalue weighted by atomic mass is 16.5. The summed E-state index contributed by atoms with van der Waals surface area (Å²) in [6.45, 7) is 2.71. The van der Waals surface area contributed by atoms with Crippen LogP contribution in [0.15, 0.2) is 6.33 Å². The molecule has 1 aromatic rings. The van der Waals surface area contributed by atoms with Gasteiger partial charge < -0.3 is 9.84 Å². The van der Waals surface area contributed by atoms with Crippen LogP contribution in [0, 0.1) is 0 Å². The Morgan fingerprint density at radius 1 is 1.69 bits per heavy atom. The lowest BCUT2D eigenvalue weighted by Crippen LogP contribution is -2.42. The van der Waals surface area contributed by atoms with Crippen LogP contribution in [0.5, 0.6) is 0 Å². The zero-order valence-corrected chi connectivity index (χ0v) is 9.89. The summed E-state index contributed by atoms with van der Waals surface area (Å²) < 4.78 is 7.29. The second-order valence-corrected chi connectivity index (χ2v) is 4.56. The van der Waals surface area contributed by atoms with Gasteiger partial charge in [-0.3, -0.25) is 4.68 Å². The highest BCUT2D eigenvalue weighted by molar-refractivity contribution is 4.96. The number of aliphatic hydroxyl groups is 1. The molecule has 1 aliphatic heterocycles. The Balaban J connectivity index is 2.05. The van der Waals surface area contributed by atoms with Crippen LogP contribution in [0.2, 0.25) is 0 Å². The summed E-state index contributed by atoms with van der Waals surface area (Å²) in [4.78, 5) is 4.16. The van der Waals surface area contributed by atoms with Gasteiger partial charge in [-0.15, -0.1) is 0 Å². The third-order valence-corrected chi connectivity index (χ3v) is 3.28. The Kier molecular flexibility index (Phi) is 3.25. The summed E-state index contributed by atoms with van der Waals surface area (Å²) in [5, 5.41) is 14.5. The largest absolute Gasteiger partial charge is 0.389 e. The van der Waals surface area contributed by atoms with Gasteiger partial charge in [0.05, 0.1) is 11.7 Å². The van der Waals surface area contributed by atoms with Gasteiger partial charge in [-0.25, -0.2) is 4.98 Å². The molecule has 2 heterocycles. The molecule has 0 saturated carbocycles. The maximum Gasteiger partial charge on any atom is 0.138 e. The second kappa shape index (κ2) is 4.51. The molecule has 90 valence electrons. The topological polar surface area (TPSA) is 60.2 Å². The standard InChI is InChI=1S/C11H19N3O2/c1-3-9-6-11(15,4-5-16-9)7-10-12-8-13-14(10)2/h8-9,15H,3-7H2,1-2H3. The molecule has 1 saturated heterocycles. The average molecular weight is 225 g/mol. The molecule has 2 rings (SSSR count). The van der Waals surface area contributed by atoms with Gasteiger partial charge >= 0.3 is 0 Å². The van der Waals surface area contributed by atoms with Crippen LogP contribution in [0.3, 0.4) is 0 Å². The summed E-state index contributed by atoms with van der Waals surface area (Å²) in [5.41, 5.74) is -0.681. The quantitative estimate of drug-likeness (QED) is 0.821. The minimum atomic E-state index is -0.681. The first kappa shape index (κ1) is 11.5. The van der Waals surface area contributed by atoms with Gasteiger partial charge in [0.2, 0.25) is 0 Å². The van der Waals surface area contributed by atoms with E-state index in [-0.39, 0.29) is 6.10 Å². The molecule has 0 aliphatic carbocycles. The third-order valence-electron chi connectivity index (χ3n) is 3.28. The second-order valence-electron chi connectivity index (χ2n) is 4.56. The Morgan fingerprint density at radius 2 is 2.50 bits per heavy atom. The Labute approximate surface area is 95.4 Å². The highest BCUT2D eigenvalue weighted by Gasteiger charge is 2.35. The predicted octanol–water partition coefficient (Wildman–Crippen LogP) is 0.678. The van der Waals surface area contributed by atoms with Gasteiger partial charge in [0.25, 0.3) is 0 Å². The SMILES string of the molecule is CCC1CC(O)(Cc2ncnn2C)CCO1. The van der Waals surface area contributed by atoms with Crippen molar-refractivity contribution in [2.45, 2.75) is 44.3 Å². The number of hydrogen-bond donors (Lipinski definition) is 1. The van der Waals surface area contributed by atoms with Crippen molar-refractivity contribution in [3.05, 3.63) is 12.2 Å². The molecule has 5 heteroatoms. The van der Waals surface area contributed by atoms with Crippen LogP contribution in [-0.4, -0.2) is 38.2 Å². The van der Waals surface area contributed by atoms with Crippen molar-refractivity contribution in [1.29, 1.82) is 0 Å². The number of aromatic nitrogens is 3. The van der Waals surface area contributed by atoms with E-state index in [0.717, 1.165) is 12.2 Å². The molecule has 2 unspecified atom stereocenters. The van der Waals surface area contributed by atoms with Gasteiger partial charge in [-0.05, 0) is 6.42 Å². The smallest absolute Gasteiger partial charge is 0.138 e. The van der Waals surface area contributed by atoms with Crippen molar-refractivity contribution < 1.29 is 9.84 Å². The zero-order chi connectivity index (χ0) is 11.6. The van der Waals surface area contributed by atoms with Crippen LogP contribution in [0.4, 0.5) is 0 Å². The number of aryl methyl sites for hydroxylation is 1. The molecule has 2 atom stereocenters. The van der Waals surface area contributed by atoms with E-state index in [0.29, 0.717) is 25.9 Å². The molecule has 1 N–H and O–H groups in total. The fraction of sp³-hybridized carbons (Fsp3) is 0.818. The molecule has 5 nitrogen and oxygen atoms in total. The minimum Gasteiger partial charge on any atom is -0.389 e. The van der Waals surface area contributed by atoms with Crippen LogP contribution < -0.4 is 0 Å². The number of nitrogens with zero attached hydrogens (tertiary/aromatic N) is 3. The van der Waals surface area contributed by atoms with Crippen molar-refractivity contribution in [2.24, 2.45) is 7.05 Å². The molecular weight excluding hydrogens is 206 g/mol. The molecule has 0 aromatic carbocycles. The van der Waals surface area contributed by atoms with Crippen LogP contribution in [-0.2, 0) is 18.2 Å². The van der Waals surface area contributed by atoms with Gasteiger partial charge in [0.1, 0.15) is 12.2 Å². The van der Waals surface area contributed by atoms with Crippen molar-refractivity contribution in [2.75, 3.05) is 6.61 Å². The van der Waals surface area contributed by atoms with E-state index in [1.807, 2.05) is 7.05 Å². The molecule has 1 fully saturated rings.